The van der Waals surface area contributed by atoms with Crippen molar-refractivity contribution in [2.45, 2.75) is 19.9 Å². The molecule has 0 saturated heterocycles. The third kappa shape index (κ3) is 4.71. The fourth-order valence-electron chi connectivity index (χ4n) is 1.28. The minimum atomic E-state index is -0.858. The van der Waals surface area contributed by atoms with E-state index in [4.69, 9.17) is 16.3 Å². The number of nitrogens with one attached hydrogen (secondary N) is 1. The second-order valence-electron chi connectivity index (χ2n) is 3.98. The number of amides is 1. The Balaban J connectivity index is 2.59. The molecule has 1 rings (SSSR count). The van der Waals surface area contributed by atoms with Crippen LogP contribution < -0.4 is 5.32 Å². The van der Waals surface area contributed by atoms with Crippen molar-refractivity contribution in [2.75, 3.05) is 6.61 Å². The lowest BCUT2D eigenvalue weighted by molar-refractivity contribution is -0.149. The first-order valence-corrected chi connectivity index (χ1v) is 6.01. The van der Waals surface area contributed by atoms with Crippen LogP contribution in [0.5, 0.6) is 0 Å². The fourth-order valence-corrected chi connectivity index (χ4v) is 1.50. The second kappa shape index (κ2) is 6.89. The van der Waals surface area contributed by atoms with Crippen LogP contribution in [0.3, 0.4) is 0 Å². The molecule has 0 saturated carbocycles. The van der Waals surface area contributed by atoms with Crippen LogP contribution in [0.2, 0.25) is 5.02 Å². The molecule has 1 atom stereocenters. The number of benzene rings is 1. The molecule has 5 nitrogen and oxygen atoms in total. The van der Waals surface area contributed by atoms with Crippen molar-refractivity contribution in [1.82, 2.24) is 5.32 Å². The van der Waals surface area contributed by atoms with E-state index in [2.05, 4.69) is 5.32 Å². The van der Waals surface area contributed by atoms with Crippen LogP contribution in [-0.2, 0) is 14.3 Å². The minimum absolute atomic E-state index is 0.266. The number of rotatable bonds is 5. The average molecular weight is 284 g/mol. The van der Waals surface area contributed by atoms with Gasteiger partial charge in [0.2, 0.25) is 0 Å². The highest BCUT2D eigenvalue weighted by Crippen LogP contribution is 2.14. The SMILES string of the molecule is CC(=O)COC(=O)[C@H](C)NC(=O)c1ccccc1Cl. The van der Waals surface area contributed by atoms with E-state index in [1.807, 2.05) is 0 Å². The number of hydrogen-bond acceptors (Lipinski definition) is 4. The molecule has 0 spiro atoms. The van der Waals surface area contributed by atoms with Gasteiger partial charge in [-0.3, -0.25) is 9.59 Å². The molecule has 102 valence electrons. The first-order valence-electron chi connectivity index (χ1n) is 5.63. The van der Waals surface area contributed by atoms with Gasteiger partial charge in [0.25, 0.3) is 5.91 Å². The molecule has 0 heterocycles. The van der Waals surface area contributed by atoms with Crippen LogP contribution in [0.1, 0.15) is 24.2 Å². The van der Waals surface area contributed by atoms with Crippen LogP contribution in [0, 0.1) is 0 Å². The summed E-state index contributed by atoms with van der Waals surface area (Å²) in [5.74, 6) is -1.41. The summed E-state index contributed by atoms with van der Waals surface area (Å²) < 4.78 is 4.70. The number of ether oxygens (including phenoxy) is 1. The molecule has 0 aliphatic carbocycles. The molecular formula is C13H14ClNO4. The third-order valence-corrected chi connectivity index (χ3v) is 2.57. The van der Waals surface area contributed by atoms with Crippen molar-refractivity contribution in [2.24, 2.45) is 0 Å². The van der Waals surface area contributed by atoms with Gasteiger partial charge >= 0.3 is 5.97 Å². The quantitative estimate of drug-likeness (QED) is 0.833. The smallest absolute Gasteiger partial charge is 0.328 e. The Morgan fingerprint density at radius 3 is 2.53 bits per heavy atom. The summed E-state index contributed by atoms with van der Waals surface area (Å²) in [7, 11) is 0. The molecule has 0 fully saturated rings. The summed E-state index contributed by atoms with van der Waals surface area (Å²) in [6.45, 7) is 2.47. The van der Waals surface area contributed by atoms with Crippen molar-refractivity contribution < 1.29 is 19.1 Å². The summed E-state index contributed by atoms with van der Waals surface area (Å²) in [5.41, 5.74) is 0.274. The molecule has 0 aliphatic heterocycles. The van der Waals surface area contributed by atoms with Crippen molar-refractivity contribution in [3.63, 3.8) is 0 Å². The highest BCUT2D eigenvalue weighted by molar-refractivity contribution is 6.33. The van der Waals surface area contributed by atoms with Gasteiger partial charge in [-0.15, -0.1) is 0 Å². The predicted octanol–water partition coefficient (Wildman–Crippen LogP) is 1.59. The van der Waals surface area contributed by atoms with Crippen LogP contribution in [0.15, 0.2) is 24.3 Å². The highest BCUT2D eigenvalue weighted by Gasteiger charge is 2.19. The Kier molecular flexibility index (Phi) is 5.51. The van der Waals surface area contributed by atoms with Gasteiger partial charge in [0.05, 0.1) is 10.6 Å². The van der Waals surface area contributed by atoms with Gasteiger partial charge < -0.3 is 10.1 Å². The van der Waals surface area contributed by atoms with Gasteiger partial charge in [-0.05, 0) is 26.0 Å². The topological polar surface area (TPSA) is 72.5 Å². The van der Waals surface area contributed by atoms with Crippen molar-refractivity contribution in [3.05, 3.63) is 34.9 Å². The lowest BCUT2D eigenvalue weighted by Crippen LogP contribution is -2.40. The van der Waals surface area contributed by atoms with Gasteiger partial charge in [-0.2, -0.15) is 0 Å². The standard InChI is InChI=1S/C13H14ClNO4/c1-8(16)7-19-13(18)9(2)15-12(17)10-5-3-4-6-11(10)14/h3-6,9H,7H2,1-2H3,(H,15,17)/t9-/m0/s1. The highest BCUT2D eigenvalue weighted by atomic mass is 35.5. The Hall–Kier alpha value is -1.88. The number of halogens is 1. The zero-order valence-corrected chi connectivity index (χ0v) is 11.4. The molecule has 6 heteroatoms. The monoisotopic (exact) mass is 283 g/mol. The Morgan fingerprint density at radius 2 is 1.95 bits per heavy atom. The van der Waals surface area contributed by atoms with Crippen LogP contribution in [0.25, 0.3) is 0 Å². The molecule has 0 radical (unpaired) electrons. The summed E-state index contributed by atoms with van der Waals surface area (Å²) in [5, 5.41) is 2.75. The van der Waals surface area contributed by atoms with Gasteiger partial charge in [0, 0.05) is 0 Å². The van der Waals surface area contributed by atoms with Gasteiger partial charge in [-0.25, -0.2) is 4.79 Å². The van der Waals surface area contributed by atoms with Crippen LogP contribution >= 0.6 is 11.6 Å². The summed E-state index contributed by atoms with van der Waals surface area (Å²) >= 11 is 5.86. The molecule has 0 aromatic heterocycles. The van der Waals surface area contributed by atoms with E-state index in [0.29, 0.717) is 5.02 Å². The first-order chi connectivity index (χ1) is 8.91. The summed E-state index contributed by atoms with van der Waals surface area (Å²) in [4.78, 5) is 34.0. The Bertz CT molecular complexity index is 501. The largest absolute Gasteiger partial charge is 0.456 e. The van der Waals surface area contributed by atoms with Gasteiger partial charge in [0.15, 0.2) is 5.78 Å². The zero-order chi connectivity index (χ0) is 14.4. The van der Waals surface area contributed by atoms with E-state index in [1.165, 1.54) is 13.8 Å². The van der Waals surface area contributed by atoms with Crippen LogP contribution in [0.4, 0.5) is 0 Å². The summed E-state index contributed by atoms with van der Waals surface area (Å²) in [6.07, 6.45) is 0. The maximum atomic E-state index is 11.8. The normalized spacial score (nSPS) is 11.5. The maximum absolute atomic E-state index is 11.8. The first kappa shape index (κ1) is 15.2. The lowest BCUT2D eigenvalue weighted by Gasteiger charge is -2.13. The van der Waals surface area contributed by atoms with Crippen molar-refractivity contribution >= 4 is 29.3 Å². The third-order valence-electron chi connectivity index (χ3n) is 2.24. The molecule has 1 aromatic carbocycles. The molecule has 1 N–H and O–H groups in total. The number of carbonyl (C=O) groups excluding carboxylic acids is 3. The van der Waals surface area contributed by atoms with E-state index >= 15 is 0 Å². The molecular weight excluding hydrogens is 270 g/mol. The zero-order valence-electron chi connectivity index (χ0n) is 10.6. The summed E-state index contributed by atoms with van der Waals surface area (Å²) in [6, 6.07) is 5.63. The van der Waals surface area contributed by atoms with Crippen LogP contribution in [-0.4, -0.2) is 30.3 Å². The number of Topliss-reactive ketones (excluding diaryl/α,β-unsaturated/α-hetero) is 1. The molecule has 1 aromatic rings. The lowest BCUT2D eigenvalue weighted by atomic mass is 10.2. The van der Waals surface area contributed by atoms with Crippen molar-refractivity contribution in [3.8, 4) is 0 Å². The van der Waals surface area contributed by atoms with Gasteiger partial charge in [-0.1, -0.05) is 23.7 Å². The van der Waals surface area contributed by atoms with Gasteiger partial charge in [0.1, 0.15) is 12.6 Å². The fraction of sp³-hybridized carbons (Fsp3) is 0.308. The molecule has 0 bridgehead atoms. The van der Waals surface area contributed by atoms with E-state index in [1.54, 1.807) is 24.3 Å². The number of carbonyl (C=O) groups is 3. The van der Waals surface area contributed by atoms with E-state index < -0.39 is 17.9 Å². The number of hydrogen-bond donors (Lipinski definition) is 1. The number of esters is 1. The van der Waals surface area contributed by atoms with E-state index in [0.717, 1.165) is 0 Å². The minimum Gasteiger partial charge on any atom is -0.456 e. The molecule has 0 aliphatic rings. The predicted molar refractivity (Wildman–Crippen MR) is 70.0 cm³/mol. The van der Waals surface area contributed by atoms with E-state index in [9.17, 15) is 14.4 Å². The Labute approximate surface area is 115 Å². The molecule has 1 amide bonds. The maximum Gasteiger partial charge on any atom is 0.328 e. The average Bonchev–Trinajstić information content (AvgIpc) is 2.36. The molecule has 0 unspecified atom stereocenters. The molecule has 19 heavy (non-hydrogen) atoms. The second-order valence-corrected chi connectivity index (χ2v) is 4.39. The van der Waals surface area contributed by atoms with E-state index in [-0.39, 0.29) is 18.0 Å². The van der Waals surface area contributed by atoms with Crippen molar-refractivity contribution in [1.29, 1.82) is 0 Å². The number of ketones is 1. The Morgan fingerprint density at radius 1 is 1.32 bits per heavy atom.